The third kappa shape index (κ3) is 10.1. The molecule has 0 spiro atoms. The zero-order valence-electron chi connectivity index (χ0n) is 10.9. The first-order valence-corrected chi connectivity index (χ1v) is 5.65. The van der Waals surface area contributed by atoms with E-state index in [4.69, 9.17) is 10.2 Å². The molecule has 0 radical (unpaired) electrons. The molecule has 4 heteroatoms. The molecule has 1 unspecified atom stereocenters. The van der Waals surface area contributed by atoms with Gasteiger partial charge in [-0.1, -0.05) is 0 Å². The van der Waals surface area contributed by atoms with Crippen LogP contribution < -0.4 is 0 Å². The van der Waals surface area contributed by atoms with Gasteiger partial charge in [-0.25, -0.2) is 0 Å². The molecular formula is C11H29NO3. The van der Waals surface area contributed by atoms with Gasteiger partial charge in [0.25, 0.3) is 0 Å². The molecule has 0 aromatic carbocycles. The fourth-order valence-corrected chi connectivity index (χ4v) is 1.34. The molecule has 0 amide bonds. The zero-order chi connectivity index (χ0) is 11.6. The number of hydrogen-bond donors (Lipinski definition) is 2. The molecule has 0 aliphatic heterocycles. The van der Waals surface area contributed by atoms with E-state index in [1.807, 2.05) is 0 Å². The van der Waals surface area contributed by atoms with Crippen LogP contribution >= 0.6 is 0 Å². The van der Waals surface area contributed by atoms with Crippen molar-refractivity contribution in [2.45, 2.75) is 40.7 Å². The molecule has 4 nitrogen and oxygen atoms in total. The van der Waals surface area contributed by atoms with Crippen LogP contribution in [0.5, 0.6) is 0 Å². The Morgan fingerprint density at radius 1 is 0.933 bits per heavy atom. The summed E-state index contributed by atoms with van der Waals surface area (Å²) in [7, 11) is 0. The molecular weight excluding hydrogens is 194 g/mol. The smallest absolute Gasteiger partial charge is 0.0757 e. The van der Waals surface area contributed by atoms with Crippen LogP contribution in [0.2, 0.25) is 0 Å². The number of quaternary nitrogens is 1. The molecule has 0 heterocycles. The van der Waals surface area contributed by atoms with Crippen molar-refractivity contribution in [2.24, 2.45) is 0 Å². The summed E-state index contributed by atoms with van der Waals surface area (Å²) in [6.07, 6.45) is -0.560. The van der Waals surface area contributed by atoms with Crippen LogP contribution in [0, 0.1) is 0 Å². The number of nitrogens with zero attached hydrogens (tertiary/aromatic N) is 1. The quantitative estimate of drug-likeness (QED) is 0.685. The van der Waals surface area contributed by atoms with E-state index < -0.39 is 6.10 Å². The molecule has 1 atom stereocenters. The third-order valence-corrected chi connectivity index (χ3v) is 2.95. The van der Waals surface area contributed by atoms with E-state index in [1.165, 1.54) is 37.6 Å². The van der Waals surface area contributed by atoms with Gasteiger partial charge in [-0.15, -0.1) is 0 Å². The molecule has 0 rings (SSSR count). The first-order chi connectivity index (χ1) is 6.51. The normalized spacial score (nSPS) is 12.2. The van der Waals surface area contributed by atoms with Gasteiger partial charge in [0.15, 0.2) is 0 Å². The van der Waals surface area contributed by atoms with Crippen LogP contribution in [-0.4, -0.2) is 59.1 Å². The predicted molar refractivity (Wildman–Crippen MR) is 63.1 cm³/mol. The second-order valence-electron chi connectivity index (χ2n) is 3.64. The van der Waals surface area contributed by atoms with Crippen LogP contribution in [0.1, 0.15) is 34.6 Å². The van der Waals surface area contributed by atoms with Crippen LogP contribution in [0.4, 0.5) is 0 Å². The van der Waals surface area contributed by atoms with Gasteiger partial charge in [-0.3, -0.25) is 0 Å². The van der Waals surface area contributed by atoms with Crippen molar-refractivity contribution in [1.29, 1.82) is 0 Å². The van der Waals surface area contributed by atoms with Gasteiger partial charge in [0.1, 0.15) is 0 Å². The van der Waals surface area contributed by atoms with Crippen LogP contribution in [0.15, 0.2) is 0 Å². The fourth-order valence-electron chi connectivity index (χ4n) is 1.34. The monoisotopic (exact) mass is 223 g/mol. The second kappa shape index (κ2) is 11.9. The van der Waals surface area contributed by atoms with Gasteiger partial charge < -0.3 is 20.2 Å². The van der Waals surface area contributed by atoms with Crippen molar-refractivity contribution in [1.82, 2.24) is 0 Å². The van der Waals surface area contributed by atoms with Crippen molar-refractivity contribution >= 4 is 0 Å². The minimum Gasteiger partial charge on any atom is -0.870 e. The Hall–Kier alpha value is -0.160. The molecule has 0 saturated carbocycles. The molecule has 0 aliphatic carbocycles. The molecule has 0 aromatic heterocycles. The van der Waals surface area contributed by atoms with Crippen LogP contribution in [0.3, 0.4) is 0 Å². The average Bonchev–Trinajstić information content (AvgIpc) is 2.23. The highest BCUT2D eigenvalue weighted by atomic mass is 16.3. The summed E-state index contributed by atoms with van der Waals surface area (Å²) in [6, 6.07) is 0. The van der Waals surface area contributed by atoms with Crippen LogP contribution in [0.25, 0.3) is 0 Å². The molecule has 0 aromatic rings. The maximum absolute atomic E-state index is 8.11. The van der Waals surface area contributed by atoms with Gasteiger partial charge in [0.05, 0.1) is 38.9 Å². The van der Waals surface area contributed by atoms with Gasteiger partial charge in [0.2, 0.25) is 0 Å². The van der Waals surface area contributed by atoms with E-state index >= 15 is 0 Å². The van der Waals surface area contributed by atoms with Crippen molar-refractivity contribution in [3.63, 3.8) is 0 Å². The Labute approximate surface area is 94.4 Å². The van der Waals surface area contributed by atoms with Crippen molar-refractivity contribution in [3.8, 4) is 0 Å². The summed E-state index contributed by atoms with van der Waals surface area (Å²) >= 11 is 0. The SMILES string of the molecule is CC(O)CO.CC[N+](CC)(CC)CC.[OH-]. The maximum Gasteiger partial charge on any atom is 0.0757 e. The van der Waals surface area contributed by atoms with Gasteiger partial charge >= 0.3 is 0 Å². The summed E-state index contributed by atoms with van der Waals surface area (Å²) in [5, 5.41) is 16.0. The summed E-state index contributed by atoms with van der Waals surface area (Å²) in [5.74, 6) is 0. The van der Waals surface area contributed by atoms with Crippen molar-refractivity contribution < 1.29 is 20.2 Å². The van der Waals surface area contributed by atoms with Gasteiger partial charge in [-0.2, -0.15) is 0 Å². The Morgan fingerprint density at radius 3 is 1.13 bits per heavy atom. The molecule has 0 bridgehead atoms. The van der Waals surface area contributed by atoms with Gasteiger partial charge in [0, 0.05) is 0 Å². The largest absolute Gasteiger partial charge is 0.870 e. The number of aliphatic hydroxyl groups is 2. The Morgan fingerprint density at radius 2 is 1.13 bits per heavy atom. The van der Waals surface area contributed by atoms with E-state index in [1.54, 1.807) is 0 Å². The average molecular weight is 223 g/mol. The molecule has 15 heavy (non-hydrogen) atoms. The molecule has 0 saturated heterocycles. The first-order valence-electron chi connectivity index (χ1n) is 5.65. The Kier molecular flexibility index (Phi) is 16.1. The van der Waals surface area contributed by atoms with E-state index in [9.17, 15) is 0 Å². The Bertz CT molecular complexity index is 96.9. The minimum absolute atomic E-state index is 0. The lowest BCUT2D eigenvalue weighted by atomic mass is 10.3. The lowest BCUT2D eigenvalue weighted by Crippen LogP contribution is -2.47. The maximum atomic E-state index is 8.11. The lowest BCUT2D eigenvalue weighted by Gasteiger charge is -2.34. The van der Waals surface area contributed by atoms with E-state index in [0.29, 0.717) is 0 Å². The van der Waals surface area contributed by atoms with E-state index in [0.717, 1.165) is 0 Å². The van der Waals surface area contributed by atoms with Crippen molar-refractivity contribution in [2.75, 3.05) is 32.8 Å². The van der Waals surface area contributed by atoms with E-state index in [-0.39, 0.29) is 12.1 Å². The highest BCUT2D eigenvalue weighted by molar-refractivity contribution is 4.34. The second-order valence-corrected chi connectivity index (χ2v) is 3.64. The van der Waals surface area contributed by atoms with Crippen LogP contribution in [-0.2, 0) is 0 Å². The summed E-state index contributed by atoms with van der Waals surface area (Å²) in [5.41, 5.74) is 0. The predicted octanol–water partition coefficient (Wildman–Crippen LogP) is 1.07. The molecule has 3 N–H and O–H groups in total. The third-order valence-electron chi connectivity index (χ3n) is 2.95. The highest BCUT2D eigenvalue weighted by Crippen LogP contribution is 2.03. The van der Waals surface area contributed by atoms with Crippen molar-refractivity contribution in [3.05, 3.63) is 0 Å². The summed E-state index contributed by atoms with van der Waals surface area (Å²) in [4.78, 5) is 0. The number of rotatable bonds is 5. The Balaban J connectivity index is -0.000000208. The summed E-state index contributed by atoms with van der Waals surface area (Å²) in [6.45, 7) is 15.6. The molecule has 96 valence electrons. The molecule has 0 fully saturated rings. The first kappa shape index (κ1) is 20.3. The lowest BCUT2D eigenvalue weighted by molar-refractivity contribution is -0.921. The topological polar surface area (TPSA) is 70.5 Å². The number of hydrogen-bond acceptors (Lipinski definition) is 3. The summed E-state index contributed by atoms with van der Waals surface area (Å²) < 4.78 is 1.28. The fraction of sp³-hybridized carbons (Fsp3) is 1.00. The zero-order valence-corrected chi connectivity index (χ0v) is 10.9. The van der Waals surface area contributed by atoms with E-state index in [2.05, 4.69) is 27.7 Å². The van der Waals surface area contributed by atoms with Gasteiger partial charge in [-0.05, 0) is 34.6 Å². The minimum atomic E-state index is -0.560. The number of aliphatic hydroxyl groups excluding tert-OH is 2. The standard InChI is InChI=1S/C8H20N.C3H8O2.H2O/c1-5-9(6-2,7-3)8-4;1-3(5)2-4;/h5-8H2,1-4H3;3-5H,2H2,1H3;1H2/q+1;;/p-1. The highest BCUT2D eigenvalue weighted by Gasteiger charge is 2.16. The molecule has 0 aliphatic rings.